The average Bonchev–Trinajstić information content (AvgIpc) is 3.26. The quantitative estimate of drug-likeness (QED) is 0.414. The molecule has 1 aromatic heterocycles. The zero-order valence-electron chi connectivity index (χ0n) is 17.0. The lowest BCUT2D eigenvalue weighted by molar-refractivity contribution is 0.0747. The Balaban J connectivity index is 1.22. The Morgan fingerprint density at radius 2 is 1.58 bits per heavy atom. The zero-order chi connectivity index (χ0) is 21.2. The summed E-state index contributed by atoms with van der Waals surface area (Å²) in [7, 11) is 0. The minimum absolute atomic E-state index is 0.0956. The van der Waals surface area contributed by atoms with Crippen LogP contribution in [0.4, 0.5) is 5.13 Å². The van der Waals surface area contributed by atoms with Crippen LogP contribution in [0.1, 0.15) is 21.5 Å². The number of fused-ring (bicyclic) bond motifs is 1. The molecule has 1 aliphatic heterocycles. The number of amides is 1. The van der Waals surface area contributed by atoms with E-state index in [1.54, 1.807) is 11.3 Å². The van der Waals surface area contributed by atoms with Crippen molar-refractivity contribution < 1.29 is 4.79 Å². The predicted molar refractivity (Wildman–Crippen MR) is 128 cm³/mol. The summed E-state index contributed by atoms with van der Waals surface area (Å²) in [5, 5.41) is 1.66. The van der Waals surface area contributed by atoms with Gasteiger partial charge in [-0.3, -0.25) is 4.79 Å². The number of benzene rings is 3. The summed E-state index contributed by atoms with van der Waals surface area (Å²) in [5.74, 6) is 0.0956. The molecule has 0 spiro atoms. The number of piperazine rings is 1. The van der Waals surface area contributed by atoms with Gasteiger partial charge in [-0.25, -0.2) is 4.98 Å². The number of carbonyl (C=O) groups excluding carboxylic acids is 1. The van der Waals surface area contributed by atoms with Gasteiger partial charge in [-0.1, -0.05) is 71.5 Å². The van der Waals surface area contributed by atoms with Crippen molar-refractivity contribution in [1.29, 1.82) is 0 Å². The smallest absolute Gasteiger partial charge is 0.253 e. The van der Waals surface area contributed by atoms with E-state index in [1.807, 2.05) is 41.3 Å². The summed E-state index contributed by atoms with van der Waals surface area (Å²) >= 11 is 7.92. The Morgan fingerprint density at radius 1 is 0.871 bits per heavy atom. The van der Waals surface area contributed by atoms with Crippen molar-refractivity contribution in [2.75, 3.05) is 31.1 Å². The molecule has 1 saturated heterocycles. The number of halogens is 1. The number of hydrogen-bond donors (Lipinski definition) is 0. The molecule has 156 valence electrons. The van der Waals surface area contributed by atoms with Crippen LogP contribution in [-0.2, 0) is 6.42 Å². The second-order valence-corrected chi connectivity index (χ2v) is 9.14. The summed E-state index contributed by atoms with van der Waals surface area (Å²) < 4.78 is 1.09. The highest BCUT2D eigenvalue weighted by Crippen LogP contribution is 2.33. The minimum Gasteiger partial charge on any atom is -0.345 e. The zero-order valence-corrected chi connectivity index (χ0v) is 18.6. The first-order chi connectivity index (χ1) is 15.2. The van der Waals surface area contributed by atoms with Crippen molar-refractivity contribution in [1.82, 2.24) is 9.88 Å². The average molecular weight is 448 g/mol. The monoisotopic (exact) mass is 447 g/mol. The Kier molecular flexibility index (Phi) is 5.62. The fourth-order valence-corrected chi connectivity index (χ4v) is 5.24. The number of carbonyl (C=O) groups is 1. The van der Waals surface area contributed by atoms with Gasteiger partial charge in [0.1, 0.15) is 5.52 Å². The van der Waals surface area contributed by atoms with Crippen LogP contribution in [0.15, 0.2) is 72.8 Å². The molecule has 0 bridgehead atoms. The van der Waals surface area contributed by atoms with E-state index in [0.29, 0.717) is 18.1 Å². The standard InChI is InChI=1S/C25H22ClN3OS/c26-21-7-4-8-22-23(21)27-25(31-22)29-15-13-28(14-16-29)24(30)20-11-9-19(10-12-20)17-18-5-2-1-3-6-18/h1-12H,13-17H2. The van der Waals surface area contributed by atoms with Crippen molar-refractivity contribution >= 4 is 44.2 Å². The first-order valence-electron chi connectivity index (χ1n) is 10.4. The molecule has 1 amide bonds. The molecule has 1 aliphatic rings. The second kappa shape index (κ2) is 8.69. The number of anilines is 1. The molecule has 0 unspecified atom stereocenters. The van der Waals surface area contributed by atoms with E-state index in [2.05, 4.69) is 41.3 Å². The third kappa shape index (κ3) is 4.29. The first-order valence-corrected chi connectivity index (χ1v) is 11.6. The van der Waals surface area contributed by atoms with Crippen LogP contribution >= 0.6 is 22.9 Å². The summed E-state index contributed by atoms with van der Waals surface area (Å²) in [4.78, 5) is 21.9. The number of thiazole rings is 1. The van der Waals surface area contributed by atoms with E-state index in [1.165, 1.54) is 11.1 Å². The Labute approximate surface area is 190 Å². The highest BCUT2D eigenvalue weighted by atomic mass is 35.5. The summed E-state index contributed by atoms with van der Waals surface area (Å²) in [6.45, 7) is 2.92. The molecule has 0 atom stereocenters. The van der Waals surface area contributed by atoms with Gasteiger partial charge in [0.15, 0.2) is 5.13 Å². The van der Waals surface area contributed by atoms with Gasteiger partial charge in [0, 0.05) is 31.7 Å². The molecule has 5 rings (SSSR count). The molecule has 6 heteroatoms. The SMILES string of the molecule is O=C(c1ccc(Cc2ccccc2)cc1)N1CCN(c2nc3c(Cl)cccc3s2)CC1. The van der Waals surface area contributed by atoms with E-state index in [0.717, 1.165) is 40.4 Å². The maximum Gasteiger partial charge on any atom is 0.253 e. The van der Waals surface area contributed by atoms with Gasteiger partial charge in [0.05, 0.1) is 9.72 Å². The number of nitrogens with zero attached hydrogens (tertiary/aromatic N) is 3. The van der Waals surface area contributed by atoms with E-state index in [-0.39, 0.29) is 5.91 Å². The lowest BCUT2D eigenvalue weighted by Crippen LogP contribution is -2.48. The van der Waals surface area contributed by atoms with Gasteiger partial charge in [-0.15, -0.1) is 0 Å². The van der Waals surface area contributed by atoms with Crippen molar-refractivity contribution in [2.24, 2.45) is 0 Å². The molecule has 31 heavy (non-hydrogen) atoms. The van der Waals surface area contributed by atoms with Gasteiger partial charge < -0.3 is 9.80 Å². The number of hydrogen-bond acceptors (Lipinski definition) is 4. The van der Waals surface area contributed by atoms with E-state index in [9.17, 15) is 4.79 Å². The molecule has 2 heterocycles. The molecule has 4 aromatic rings. The van der Waals surface area contributed by atoms with Gasteiger partial charge >= 0.3 is 0 Å². The van der Waals surface area contributed by atoms with E-state index < -0.39 is 0 Å². The molecule has 0 N–H and O–H groups in total. The topological polar surface area (TPSA) is 36.4 Å². The van der Waals surface area contributed by atoms with Crippen LogP contribution < -0.4 is 4.90 Å². The summed E-state index contributed by atoms with van der Waals surface area (Å²) in [6.07, 6.45) is 0.875. The van der Waals surface area contributed by atoms with Crippen molar-refractivity contribution in [3.05, 3.63) is 94.5 Å². The third-order valence-corrected chi connectivity index (χ3v) is 7.03. The maximum atomic E-state index is 13.0. The second-order valence-electron chi connectivity index (χ2n) is 7.72. The largest absolute Gasteiger partial charge is 0.345 e. The molecule has 1 fully saturated rings. The van der Waals surface area contributed by atoms with Crippen LogP contribution in [-0.4, -0.2) is 42.0 Å². The van der Waals surface area contributed by atoms with Crippen LogP contribution in [0, 0.1) is 0 Å². The van der Waals surface area contributed by atoms with E-state index >= 15 is 0 Å². The van der Waals surface area contributed by atoms with Crippen LogP contribution in [0.3, 0.4) is 0 Å². The van der Waals surface area contributed by atoms with Gasteiger partial charge in [0.2, 0.25) is 0 Å². The summed E-state index contributed by atoms with van der Waals surface area (Å²) in [5.41, 5.74) is 4.09. The minimum atomic E-state index is 0.0956. The molecule has 0 radical (unpaired) electrons. The predicted octanol–water partition coefficient (Wildman–Crippen LogP) is 5.50. The Morgan fingerprint density at radius 3 is 2.29 bits per heavy atom. The molecule has 3 aromatic carbocycles. The summed E-state index contributed by atoms with van der Waals surface area (Å²) in [6, 6.07) is 24.2. The lowest BCUT2D eigenvalue weighted by Gasteiger charge is -2.34. The first kappa shape index (κ1) is 20.0. The van der Waals surface area contributed by atoms with Crippen LogP contribution in [0.2, 0.25) is 5.02 Å². The normalized spacial score (nSPS) is 14.2. The van der Waals surface area contributed by atoms with Crippen molar-refractivity contribution in [3.63, 3.8) is 0 Å². The third-order valence-electron chi connectivity index (χ3n) is 5.65. The van der Waals surface area contributed by atoms with Gasteiger partial charge in [-0.05, 0) is 41.8 Å². The Bertz CT molecular complexity index is 1200. The molecular weight excluding hydrogens is 426 g/mol. The van der Waals surface area contributed by atoms with Crippen LogP contribution in [0.25, 0.3) is 10.2 Å². The Hall–Kier alpha value is -2.89. The lowest BCUT2D eigenvalue weighted by atomic mass is 10.0. The molecule has 4 nitrogen and oxygen atoms in total. The number of para-hydroxylation sites is 1. The maximum absolute atomic E-state index is 13.0. The molecular formula is C25H22ClN3OS. The highest BCUT2D eigenvalue weighted by Gasteiger charge is 2.24. The molecule has 0 aliphatic carbocycles. The van der Waals surface area contributed by atoms with Crippen molar-refractivity contribution in [3.8, 4) is 0 Å². The fourth-order valence-electron chi connectivity index (χ4n) is 3.92. The fraction of sp³-hybridized carbons (Fsp3) is 0.200. The van der Waals surface area contributed by atoms with Crippen molar-refractivity contribution in [2.45, 2.75) is 6.42 Å². The molecule has 0 saturated carbocycles. The van der Waals surface area contributed by atoms with Gasteiger partial charge in [0.25, 0.3) is 5.91 Å². The van der Waals surface area contributed by atoms with Gasteiger partial charge in [-0.2, -0.15) is 0 Å². The van der Waals surface area contributed by atoms with E-state index in [4.69, 9.17) is 16.6 Å². The highest BCUT2D eigenvalue weighted by molar-refractivity contribution is 7.22. The van der Waals surface area contributed by atoms with Crippen LogP contribution in [0.5, 0.6) is 0 Å². The number of rotatable bonds is 4. The number of aromatic nitrogens is 1.